The maximum Gasteiger partial charge on any atom is 0.118 e. The molecule has 100 valence electrons. The number of hydrogen-bond donors (Lipinski definition) is 1. The first kappa shape index (κ1) is 14.4. The molecule has 0 aliphatic heterocycles. The highest BCUT2D eigenvalue weighted by Crippen LogP contribution is 2.32. The molecule has 0 heterocycles. The Hall–Kier alpha value is -1.06. The molecule has 0 saturated heterocycles. The van der Waals surface area contributed by atoms with Crippen LogP contribution in [0.4, 0.5) is 0 Å². The smallest absolute Gasteiger partial charge is 0.118 e. The highest BCUT2D eigenvalue weighted by atomic mass is 32.2. The van der Waals surface area contributed by atoms with E-state index >= 15 is 0 Å². The number of ether oxygens (including phenoxy) is 1. The van der Waals surface area contributed by atoms with E-state index in [9.17, 15) is 0 Å². The quantitative estimate of drug-likeness (QED) is 0.779. The van der Waals surface area contributed by atoms with E-state index in [0.717, 1.165) is 17.3 Å². The fraction of sp³-hybridized carbons (Fsp3) is 0.250. The van der Waals surface area contributed by atoms with Crippen molar-refractivity contribution >= 4 is 24.4 Å². The number of thioether (sulfide) groups is 1. The van der Waals surface area contributed by atoms with E-state index < -0.39 is 0 Å². The summed E-state index contributed by atoms with van der Waals surface area (Å²) in [5, 5.41) is 0.437. The van der Waals surface area contributed by atoms with Crippen molar-refractivity contribution in [3.63, 3.8) is 0 Å². The SMILES string of the molecule is COc1ccc(CSC(CS)c2ccccc2)cc1. The van der Waals surface area contributed by atoms with Gasteiger partial charge in [-0.25, -0.2) is 0 Å². The van der Waals surface area contributed by atoms with Crippen LogP contribution < -0.4 is 4.74 Å². The van der Waals surface area contributed by atoms with Gasteiger partial charge in [-0.1, -0.05) is 42.5 Å². The summed E-state index contributed by atoms with van der Waals surface area (Å²) in [7, 11) is 1.69. The number of thiol groups is 1. The topological polar surface area (TPSA) is 9.23 Å². The largest absolute Gasteiger partial charge is 0.497 e. The zero-order chi connectivity index (χ0) is 13.5. The average Bonchev–Trinajstić information content (AvgIpc) is 2.49. The Kier molecular flexibility index (Phi) is 5.67. The normalized spacial score (nSPS) is 12.1. The van der Waals surface area contributed by atoms with Crippen molar-refractivity contribution in [2.75, 3.05) is 12.9 Å². The van der Waals surface area contributed by atoms with Crippen LogP contribution in [0, 0.1) is 0 Å². The summed E-state index contributed by atoms with van der Waals surface area (Å²) in [6.45, 7) is 0. The van der Waals surface area contributed by atoms with Crippen LogP contribution in [0.25, 0.3) is 0 Å². The standard InChI is InChI=1S/C16H18OS2/c1-17-15-9-7-13(8-10-15)12-19-16(11-18)14-5-3-2-4-6-14/h2-10,16,18H,11-12H2,1H3. The van der Waals surface area contributed by atoms with Gasteiger partial charge in [0.2, 0.25) is 0 Å². The lowest BCUT2D eigenvalue weighted by Crippen LogP contribution is -1.96. The Morgan fingerprint density at radius 2 is 1.74 bits per heavy atom. The Morgan fingerprint density at radius 1 is 1.05 bits per heavy atom. The maximum absolute atomic E-state index is 5.17. The van der Waals surface area contributed by atoms with Crippen molar-refractivity contribution in [3.05, 3.63) is 65.7 Å². The molecule has 0 N–H and O–H groups in total. The molecule has 1 atom stereocenters. The van der Waals surface area contributed by atoms with Crippen LogP contribution in [0.3, 0.4) is 0 Å². The van der Waals surface area contributed by atoms with Crippen LogP contribution in [0.2, 0.25) is 0 Å². The molecule has 0 saturated carbocycles. The average molecular weight is 290 g/mol. The van der Waals surface area contributed by atoms with Crippen molar-refractivity contribution < 1.29 is 4.74 Å². The predicted molar refractivity (Wildman–Crippen MR) is 87.3 cm³/mol. The summed E-state index contributed by atoms with van der Waals surface area (Å²) in [6.07, 6.45) is 0. The van der Waals surface area contributed by atoms with Crippen LogP contribution in [0.5, 0.6) is 5.75 Å². The Labute approximate surface area is 124 Å². The van der Waals surface area contributed by atoms with Crippen LogP contribution in [-0.2, 0) is 5.75 Å². The molecule has 0 bridgehead atoms. The van der Waals surface area contributed by atoms with E-state index in [-0.39, 0.29) is 0 Å². The molecule has 0 aliphatic rings. The van der Waals surface area contributed by atoms with Crippen LogP contribution in [-0.4, -0.2) is 12.9 Å². The molecule has 2 rings (SSSR count). The molecule has 2 aromatic rings. The minimum atomic E-state index is 0.437. The number of rotatable bonds is 6. The van der Waals surface area contributed by atoms with Crippen LogP contribution in [0.1, 0.15) is 16.4 Å². The zero-order valence-electron chi connectivity index (χ0n) is 11.0. The lowest BCUT2D eigenvalue weighted by Gasteiger charge is -2.14. The third-order valence-electron chi connectivity index (χ3n) is 2.95. The van der Waals surface area contributed by atoms with Gasteiger partial charge in [-0.2, -0.15) is 12.6 Å². The number of benzene rings is 2. The number of methoxy groups -OCH3 is 1. The minimum absolute atomic E-state index is 0.437. The van der Waals surface area contributed by atoms with E-state index in [1.54, 1.807) is 7.11 Å². The summed E-state index contributed by atoms with van der Waals surface area (Å²) in [5.74, 6) is 2.75. The molecule has 0 aliphatic carbocycles. The molecule has 0 amide bonds. The molecule has 3 heteroatoms. The first-order chi connectivity index (χ1) is 9.33. The molecule has 0 spiro atoms. The molecule has 1 nitrogen and oxygen atoms in total. The van der Waals surface area contributed by atoms with Crippen molar-refractivity contribution in [1.29, 1.82) is 0 Å². The third-order valence-corrected chi connectivity index (χ3v) is 4.90. The highest BCUT2D eigenvalue weighted by Gasteiger charge is 2.09. The molecule has 2 aromatic carbocycles. The zero-order valence-corrected chi connectivity index (χ0v) is 12.7. The van der Waals surface area contributed by atoms with Gasteiger partial charge < -0.3 is 4.74 Å². The molecule has 1 unspecified atom stereocenters. The minimum Gasteiger partial charge on any atom is -0.497 e. The van der Waals surface area contributed by atoms with Gasteiger partial charge in [0.05, 0.1) is 7.11 Å². The van der Waals surface area contributed by atoms with Gasteiger partial charge >= 0.3 is 0 Å². The van der Waals surface area contributed by atoms with Crippen LogP contribution in [0.15, 0.2) is 54.6 Å². The highest BCUT2D eigenvalue weighted by molar-refractivity contribution is 7.99. The van der Waals surface area contributed by atoms with Gasteiger partial charge in [-0.05, 0) is 23.3 Å². The monoisotopic (exact) mass is 290 g/mol. The second-order valence-corrected chi connectivity index (χ2v) is 5.80. The molecule has 19 heavy (non-hydrogen) atoms. The van der Waals surface area contributed by atoms with E-state index in [1.807, 2.05) is 30.0 Å². The number of hydrogen-bond acceptors (Lipinski definition) is 3. The molecule has 0 fully saturated rings. The lowest BCUT2D eigenvalue weighted by molar-refractivity contribution is 0.414. The van der Waals surface area contributed by atoms with Gasteiger partial charge in [0.1, 0.15) is 5.75 Å². The van der Waals surface area contributed by atoms with Gasteiger partial charge in [-0.3, -0.25) is 0 Å². The fourth-order valence-corrected chi connectivity index (χ4v) is 3.41. The second-order valence-electron chi connectivity index (χ2n) is 4.24. The fourth-order valence-electron chi connectivity index (χ4n) is 1.84. The molecular weight excluding hydrogens is 272 g/mol. The third kappa shape index (κ3) is 4.22. The van der Waals surface area contributed by atoms with E-state index in [2.05, 4.69) is 49.0 Å². The van der Waals surface area contributed by atoms with Gasteiger partial charge in [0, 0.05) is 16.8 Å². The Bertz CT molecular complexity index is 482. The van der Waals surface area contributed by atoms with Crippen molar-refractivity contribution in [1.82, 2.24) is 0 Å². The molecule has 0 radical (unpaired) electrons. The summed E-state index contributed by atoms with van der Waals surface area (Å²) in [6, 6.07) is 18.8. The summed E-state index contributed by atoms with van der Waals surface area (Å²) < 4.78 is 5.17. The summed E-state index contributed by atoms with van der Waals surface area (Å²) in [4.78, 5) is 0. The van der Waals surface area contributed by atoms with Crippen molar-refractivity contribution in [2.24, 2.45) is 0 Å². The van der Waals surface area contributed by atoms with Gasteiger partial charge in [0.15, 0.2) is 0 Å². The molecule has 0 aromatic heterocycles. The second kappa shape index (κ2) is 7.51. The lowest BCUT2D eigenvalue weighted by atomic mass is 10.2. The summed E-state index contributed by atoms with van der Waals surface area (Å²) >= 11 is 6.39. The summed E-state index contributed by atoms with van der Waals surface area (Å²) in [5.41, 5.74) is 2.66. The maximum atomic E-state index is 5.17. The van der Waals surface area contributed by atoms with Gasteiger partial charge in [-0.15, -0.1) is 11.8 Å². The van der Waals surface area contributed by atoms with Gasteiger partial charge in [0.25, 0.3) is 0 Å². The first-order valence-corrected chi connectivity index (χ1v) is 7.92. The van der Waals surface area contributed by atoms with Crippen molar-refractivity contribution in [3.8, 4) is 5.75 Å². The van der Waals surface area contributed by atoms with E-state index in [0.29, 0.717) is 5.25 Å². The van der Waals surface area contributed by atoms with E-state index in [1.165, 1.54) is 11.1 Å². The Balaban J connectivity index is 1.96. The van der Waals surface area contributed by atoms with E-state index in [4.69, 9.17) is 4.74 Å². The van der Waals surface area contributed by atoms with Crippen LogP contribution >= 0.6 is 24.4 Å². The van der Waals surface area contributed by atoms with Crippen molar-refractivity contribution in [2.45, 2.75) is 11.0 Å². The molecular formula is C16H18OS2. The first-order valence-electron chi connectivity index (χ1n) is 6.24. The predicted octanol–water partition coefficient (Wildman–Crippen LogP) is 4.60. The Morgan fingerprint density at radius 3 is 2.32 bits per heavy atom.